The molecule has 0 spiro atoms. The van der Waals surface area contributed by atoms with Crippen molar-refractivity contribution in [2.24, 2.45) is 5.10 Å². The van der Waals surface area contributed by atoms with E-state index in [0.29, 0.717) is 22.7 Å². The Labute approximate surface area is 151 Å². The second kappa shape index (κ2) is 6.10. The SMILES string of the molecule is Cc1noc(C)c1CN1N=C(c2ccccc2)c2ccccc2S1(=O)=O. The van der Waals surface area contributed by atoms with Crippen molar-refractivity contribution in [1.82, 2.24) is 9.57 Å². The largest absolute Gasteiger partial charge is 0.361 e. The summed E-state index contributed by atoms with van der Waals surface area (Å²) in [6.07, 6.45) is 0. The molecule has 0 amide bonds. The fraction of sp³-hybridized carbons (Fsp3) is 0.158. The van der Waals surface area contributed by atoms with E-state index in [1.54, 1.807) is 32.0 Å². The van der Waals surface area contributed by atoms with Gasteiger partial charge in [-0.25, -0.2) is 0 Å². The molecule has 1 aliphatic heterocycles. The number of sulfonamides is 1. The van der Waals surface area contributed by atoms with Crippen molar-refractivity contribution in [1.29, 1.82) is 0 Å². The first kappa shape index (κ1) is 16.5. The Bertz CT molecular complexity index is 1080. The van der Waals surface area contributed by atoms with Gasteiger partial charge in [0.05, 0.1) is 17.1 Å². The number of nitrogens with zero attached hydrogens (tertiary/aromatic N) is 3. The Morgan fingerprint density at radius 1 is 1.00 bits per heavy atom. The number of hydrazone groups is 1. The van der Waals surface area contributed by atoms with Gasteiger partial charge in [-0.2, -0.15) is 17.9 Å². The maximum atomic E-state index is 13.1. The molecule has 4 rings (SSSR count). The molecular formula is C19H17N3O3S. The third kappa shape index (κ3) is 2.61. The lowest BCUT2D eigenvalue weighted by molar-refractivity contribution is 0.386. The van der Waals surface area contributed by atoms with E-state index in [9.17, 15) is 8.42 Å². The number of hydrogen-bond donors (Lipinski definition) is 0. The van der Waals surface area contributed by atoms with Crippen molar-refractivity contribution in [2.75, 3.05) is 0 Å². The summed E-state index contributed by atoms with van der Waals surface area (Å²) in [5, 5.41) is 8.40. The highest BCUT2D eigenvalue weighted by Crippen LogP contribution is 2.31. The number of rotatable bonds is 3. The normalized spacial score (nSPS) is 15.5. The van der Waals surface area contributed by atoms with Crippen LogP contribution in [0.1, 0.15) is 28.1 Å². The molecule has 0 bridgehead atoms. The predicted octanol–water partition coefficient (Wildman–Crippen LogP) is 3.25. The lowest BCUT2D eigenvalue weighted by Gasteiger charge is -2.27. The third-order valence-electron chi connectivity index (χ3n) is 4.43. The molecule has 0 unspecified atom stereocenters. The van der Waals surface area contributed by atoms with Crippen molar-refractivity contribution < 1.29 is 12.9 Å². The highest BCUT2D eigenvalue weighted by atomic mass is 32.2. The van der Waals surface area contributed by atoms with Gasteiger partial charge in [-0.3, -0.25) is 0 Å². The topological polar surface area (TPSA) is 75.8 Å². The van der Waals surface area contributed by atoms with Crippen molar-refractivity contribution in [3.05, 3.63) is 82.7 Å². The number of fused-ring (bicyclic) bond motifs is 1. The van der Waals surface area contributed by atoms with Gasteiger partial charge in [0, 0.05) is 16.7 Å². The Hall–Kier alpha value is -2.93. The minimum atomic E-state index is -3.76. The molecule has 7 heteroatoms. The Morgan fingerprint density at radius 3 is 2.38 bits per heavy atom. The van der Waals surface area contributed by atoms with E-state index in [4.69, 9.17) is 4.52 Å². The molecule has 2 heterocycles. The molecule has 1 aliphatic rings. The van der Waals surface area contributed by atoms with Gasteiger partial charge in [0.25, 0.3) is 10.0 Å². The summed E-state index contributed by atoms with van der Waals surface area (Å²) in [6.45, 7) is 3.63. The highest BCUT2D eigenvalue weighted by Gasteiger charge is 2.34. The zero-order valence-corrected chi connectivity index (χ0v) is 15.2. The number of hydrogen-bond acceptors (Lipinski definition) is 5. The Balaban J connectivity index is 1.89. The van der Waals surface area contributed by atoms with Gasteiger partial charge < -0.3 is 4.52 Å². The quantitative estimate of drug-likeness (QED) is 0.712. The van der Waals surface area contributed by atoms with Gasteiger partial charge in [0.1, 0.15) is 11.5 Å². The molecule has 2 aromatic carbocycles. The summed E-state index contributed by atoms with van der Waals surface area (Å²) in [4.78, 5) is 0.251. The molecule has 0 atom stereocenters. The number of aryl methyl sites for hydroxylation is 2. The van der Waals surface area contributed by atoms with Crippen LogP contribution in [0.2, 0.25) is 0 Å². The van der Waals surface area contributed by atoms with Gasteiger partial charge in [0.15, 0.2) is 0 Å². The molecule has 0 saturated heterocycles. The molecule has 3 aromatic rings. The summed E-state index contributed by atoms with van der Waals surface area (Å²) in [7, 11) is -3.76. The lowest BCUT2D eigenvalue weighted by Crippen LogP contribution is -2.33. The van der Waals surface area contributed by atoms with Crippen LogP contribution in [-0.4, -0.2) is 23.7 Å². The summed E-state index contributed by atoms with van der Waals surface area (Å²) in [5.41, 5.74) is 3.48. The first-order valence-corrected chi connectivity index (χ1v) is 9.60. The van der Waals surface area contributed by atoms with E-state index in [0.717, 1.165) is 15.5 Å². The average molecular weight is 367 g/mol. The average Bonchev–Trinajstić information content (AvgIpc) is 2.97. The molecule has 0 radical (unpaired) electrons. The third-order valence-corrected chi connectivity index (χ3v) is 6.11. The Morgan fingerprint density at radius 2 is 1.69 bits per heavy atom. The summed E-state index contributed by atoms with van der Waals surface area (Å²) >= 11 is 0. The maximum Gasteiger partial charge on any atom is 0.280 e. The lowest BCUT2D eigenvalue weighted by atomic mass is 10.0. The fourth-order valence-corrected chi connectivity index (χ4v) is 4.42. The van der Waals surface area contributed by atoms with Crippen LogP contribution in [0.25, 0.3) is 0 Å². The Kier molecular flexibility index (Phi) is 3.88. The predicted molar refractivity (Wildman–Crippen MR) is 97.2 cm³/mol. The van der Waals surface area contributed by atoms with Crippen LogP contribution in [0.5, 0.6) is 0 Å². The smallest absolute Gasteiger partial charge is 0.280 e. The number of aromatic nitrogens is 1. The molecule has 1 aromatic heterocycles. The van der Waals surface area contributed by atoms with Crippen molar-refractivity contribution in [2.45, 2.75) is 25.3 Å². The first-order valence-electron chi connectivity index (χ1n) is 8.16. The van der Waals surface area contributed by atoms with Gasteiger partial charge >= 0.3 is 0 Å². The molecule has 0 aliphatic carbocycles. The van der Waals surface area contributed by atoms with E-state index in [-0.39, 0.29) is 11.4 Å². The monoisotopic (exact) mass is 367 g/mol. The molecular weight excluding hydrogens is 350 g/mol. The van der Waals surface area contributed by atoms with Crippen molar-refractivity contribution in [3.8, 4) is 0 Å². The fourth-order valence-electron chi connectivity index (χ4n) is 3.01. The van der Waals surface area contributed by atoms with E-state index in [1.165, 1.54) is 0 Å². The van der Waals surface area contributed by atoms with Crippen molar-refractivity contribution in [3.63, 3.8) is 0 Å². The van der Waals surface area contributed by atoms with Crippen LogP contribution in [0, 0.1) is 13.8 Å². The van der Waals surface area contributed by atoms with Gasteiger partial charge in [0.2, 0.25) is 0 Å². The van der Waals surface area contributed by atoms with E-state index >= 15 is 0 Å². The van der Waals surface area contributed by atoms with Crippen LogP contribution < -0.4 is 0 Å². The molecule has 0 fully saturated rings. The van der Waals surface area contributed by atoms with E-state index in [1.807, 2.05) is 36.4 Å². The van der Waals surface area contributed by atoms with Crippen LogP contribution in [0.15, 0.2) is 69.1 Å². The van der Waals surface area contributed by atoms with Crippen LogP contribution in [0.4, 0.5) is 0 Å². The number of benzene rings is 2. The van der Waals surface area contributed by atoms with E-state index < -0.39 is 10.0 Å². The summed E-state index contributed by atoms with van der Waals surface area (Å²) in [6, 6.07) is 16.5. The molecule has 26 heavy (non-hydrogen) atoms. The zero-order chi connectivity index (χ0) is 18.3. The molecule has 0 saturated carbocycles. The van der Waals surface area contributed by atoms with E-state index in [2.05, 4.69) is 10.3 Å². The minimum Gasteiger partial charge on any atom is -0.361 e. The van der Waals surface area contributed by atoms with Gasteiger partial charge in [-0.15, -0.1) is 0 Å². The molecule has 6 nitrogen and oxygen atoms in total. The van der Waals surface area contributed by atoms with Crippen LogP contribution in [0.3, 0.4) is 0 Å². The summed E-state index contributed by atoms with van der Waals surface area (Å²) < 4.78 is 32.5. The standard InChI is InChI=1S/C19H17N3O3S/c1-13-17(14(2)25-21-13)12-22-20-19(15-8-4-3-5-9-15)16-10-6-7-11-18(16)26(22,23)24/h3-11H,12H2,1-2H3. The van der Waals surface area contributed by atoms with Crippen LogP contribution >= 0.6 is 0 Å². The van der Waals surface area contributed by atoms with Gasteiger partial charge in [-0.05, 0) is 19.9 Å². The molecule has 132 valence electrons. The van der Waals surface area contributed by atoms with Crippen LogP contribution in [-0.2, 0) is 16.6 Å². The zero-order valence-electron chi connectivity index (χ0n) is 14.4. The summed E-state index contributed by atoms with van der Waals surface area (Å²) in [5.74, 6) is 0.591. The highest BCUT2D eigenvalue weighted by molar-refractivity contribution is 7.89. The second-order valence-corrected chi connectivity index (χ2v) is 7.91. The minimum absolute atomic E-state index is 0.0775. The second-order valence-electron chi connectivity index (χ2n) is 6.10. The van der Waals surface area contributed by atoms with Gasteiger partial charge in [-0.1, -0.05) is 53.7 Å². The first-order chi connectivity index (χ1) is 12.5. The maximum absolute atomic E-state index is 13.1. The van der Waals surface area contributed by atoms with Crippen molar-refractivity contribution >= 4 is 15.7 Å². The molecule has 0 N–H and O–H groups in total.